The van der Waals surface area contributed by atoms with Crippen molar-refractivity contribution >= 4 is 33.8 Å². The van der Waals surface area contributed by atoms with E-state index in [1.165, 1.54) is 55.2 Å². The van der Waals surface area contributed by atoms with Crippen LogP contribution in [-0.4, -0.2) is 9.12 Å². The molecule has 36 heavy (non-hydrogen) atoms. The van der Waals surface area contributed by atoms with Crippen LogP contribution in [0.4, 0.5) is 0 Å². The topological polar surface area (TPSA) is 25.2 Å². The molecule has 0 unspecified atom stereocenters. The van der Waals surface area contributed by atoms with Gasteiger partial charge in [-0.05, 0) is 60.4 Å². The van der Waals surface area contributed by atoms with E-state index >= 15 is 0 Å². The van der Waals surface area contributed by atoms with Crippen molar-refractivity contribution in [2.75, 3.05) is 0 Å². The van der Waals surface area contributed by atoms with Gasteiger partial charge in [-0.2, -0.15) is 0 Å². The largest absolute Gasteiger partial charge is 0.325 e. The van der Waals surface area contributed by atoms with Gasteiger partial charge in [-0.25, -0.2) is 0 Å². The van der Waals surface area contributed by atoms with Crippen LogP contribution < -0.4 is 0 Å². The van der Waals surface area contributed by atoms with Gasteiger partial charge < -0.3 is 9.12 Å². The van der Waals surface area contributed by atoms with E-state index in [9.17, 15) is 4.55 Å². The van der Waals surface area contributed by atoms with Crippen LogP contribution in [0.15, 0.2) is 114 Å². The summed E-state index contributed by atoms with van der Waals surface area (Å²) in [4.78, 5) is 0.837. The molecular weight excluding hydrogens is 458 g/mol. The molecule has 6 aromatic rings. The monoisotopic (exact) mass is 483 g/mol. The molecule has 1 N–H and O–H groups in total. The Morgan fingerprint density at radius 1 is 0.639 bits per heavy atom. The molecule has 174 valence electrons. The Hall–Kier alpha value is -3.79. The minimum Gasteiger partial charge on any atom is -0.325 e. The zero-order valence-corrected chi connectivity index (χ0v) is 21.0. The molecule has 0 saturated heterocycles. The molecule has 0 radical (unpaired) electrons. The second-order valence-corrected chi connectivity index (χ2v) is 10.5. The quantitative estimate of drug-likeness (QED) is 0.254. The molecule has 1 aliphatic heterocycles. The van der Waals surface area contributed by atoms with Crippen molar-refractivity contribution in [3.63, 3.8) is 0 Å². The van der Waals surface area contributed by atoms with Gasteiger partial charge in [0.05, 0.1) is 22.1 Å². The smallest absolute Gasteiger partial charge is 0.0742 e. The third-order valence-corrected chi connectivity index (χ3v) is 8.25. The summed E-state index contributed by atoms with van der Waals surface area (Å²) in [6.45, 7) is 4.27. The second-order valence-electron chi connectivity index (χ2n) is 9.81. The number of fused-ring (bicyclic) bond motifs is 5. The fraction of sp³-hybridized carbons (Fsp3) is 0.0909. The SMILES string of the molecule is Cc1ccc(C2(c3ccc(C)cc3)c3cc(SO)ccc3-n3c4ccccc4c4cccc2c43)cc1. The van der Waals surface area contributed by atoms with Crippen LogP contribution in [0, 0.1) is 13.8 Å². The highest BCUT2D eigenvalue weighted by molar-refractivity contribution is 7.93. The molecule has 0 bridgehead atoms. The fourth-order valence-corrected chi connectivity index (χ4v) is 6.48. The lowest BCUT2D eigenvalue weighted by molar-refractivity contribution is 0.662. The molecule has 3 heteroatoms. The fourth-order valence-electron chi connectivity index (χ4n) is 6.18. The maximum absolute atomic E-state index is 10.1. The maximum atomic E-state index is 10.1. The Morgan fingerprint density at radius 3 is 1.94 bits per heavy atom. The summed E-state index contributed by atoms with van der Waals surface area (Å²) in [5.41, 5.74) is 10.4. The molecule has 0 fully saturated rings. The molecule has 0 spiro atoms. The Kier molecular flexibility index (Phi) is 4.69. The van der Waals surface area contributed by atoms with E-state index in [-0.39, 0.29) is 0 Å². The summed E-state index contributed by atoms with van der Waals surface area (Å²) in [7, 11) is 0. The lowest BCUT2D eigenvalue weighted by Crippen LogP contribution is -2.35. The average molecular weight is 484 g/mol. The molecule has 7 rings (SSSR count). The summed E-state index contributed by atoms with van der Waals surface area (Å²) in [5, 5.41) is 2.52. The van der Waals surface area contributed by atoms with E-state index in [1.807, 2.05) is 6.07 Å². The highest BCUT2D eigenvalue weighted by atomic mass is 32.2. The molecule has 1 aliphatic rings. The van der Waals surface area contributed by atoms with Gasteiger partial charge in [0.15, 0.2) is 0 Å². The van der Waals surface area contributed by atoms with E-state index in [0.717, 1.165) is 22.6 Å². The normalized spacial score (nSPS) is 13.8. The van der Waals surface area contributed by atoms with Crippen LogP contribution in [0.1, 0.15) is 33.4 Å². The van der Waals surface area contributed by atoms with Gasteiger partial charge in [-0.3, -0.25) is 0 Å². The van der Waals surface area contributed by atoms with E-state index in [2.05, 4.69) is 122 Å². The molecule has 0 aliphatic carbocycles. The Morgan fingerprint density at radius 2 is 1.28 bits per heavy atom. The van der Waals surface area contributed by atoms with Crippen LogP contribution in [-0.2, 0) is 5.41 Å². The molecule has 0 saturated carbocycles. The number of aromatic nitrogens is 1. The van der Waals surface area contributed by atoms with Crippen LogP contribution in [0.2, 0.25) is 0 Å². The number of aryl methyl sites for hydroxylation is 2. The zero-order valence-electron chi connectivity index (χ0n) is 20.2. The third-order valence-electron chi connectivity index (χ3n) is 7.79. The molecule has 2 heterocycles. The maximum Gasteiger partial charge on any atom is 0.0742 e. The summed E-state index contributed by atoms with van der Waals surface area (Å²) >= 11 is 0.808. The number of benzene rings is 5. The van der Waals surface area contributed by atoms with Crippen molar-refractivity contribution < 1.29 is 4.55 Å². The van der Waals surface area contributed by atoms with Crippen molar-refractivity contribution in [3.05, 3.63) is 143 Å². The van der Waals surface area contributed by atoms with Gasteiger partial charge in [-0.1, -0.05) is 96.1 Å². The highest BCUT2D eigenvalue weighted by Gasteiger charge is 2.45. The third kappa shape index (κ3) is 2.78. The predicted octanol–water partition coefficient (Wildman–Crippen LogP) is 8.66. The van der Waals surface area contributed by atoms with Crippen LogP contribution in [0.3, 0.4) is 0 Å². The van der Waals surface area contributed by atoms with Gasteiger partial charge in [-0.15, -0.1) is 0 Å². The standard InChI is InChI=1S/C33H25NOS/c1-21-10-14-23(15-11-21)33(24-16-12-22(2)13-17-24)28-8-5-7-27-26-6-3-4-9-30(26)34(32(27)28)31-19-18-25(36-35)20-29(31)33/h3-20,35H,1-2H3. The summed E-state index contributed by atoms with van der Waals surface area (Å²) in [6.07, 6.45) is 0. The molecule has 2 nitrogen and oxygen atoms in total. The van der Waals surface area contributed by atoms with Gasteiger partial charge in [0.1, 0.15) is 0 Å². The van der Waals surface area contributed by atoms with Crippen molar-refractivity contribution in [2.45, 2.75) is 24.2 Å². The van der Waals surface area contributed by atoms with E-state index in [1.54, 1.807) is 0 Å². The second kappa shape index (κ2) is 7.86. The number of para-hydroxylation sites is 2. The number of nitrogens with zero attached hydrogens (tertiary/aromatic N) is 1. The van der Waals surface area contributed by atoms with Gasteiger partial charge in [0.25, 0.3) is 0 Å². The molecule has 0 amide bonds. The van der Waals surface area contributed by atoms with Crippen molar-refractivity contribution in [2.24, 2.45) is 0 Å². The Balaban J connectivity index is 1.76. The first-order valence-corrected chi connectivity index (χ1v) is 13.0. The van der Waals surface area contributed by atoms with Crippen molar-refractivity contribution in [1.82, 2.24) is 4.57 Å². The Labute approximate surface area is 215 Å². The minimum absolute atomic E-state index is 0.535. The highest BCUT2D eigenvalue weighted by Crippen LogP contribution is 2.54. The lowest BCUT2D eigenvalue weighted by Gasteiger charge is -2.42. The van der Waals surface area contributed by atoms with Gasteiger partial charge in [0.2, 0.25) is 0 Å². The number of rotatable bonds is 3. The minimum atomic E-state index is -0.535. The summed E-state index contributed by atoms with van der Waals surface area (Å²) in [5.74, 6) is 0. The van der Waals surface area contributed by atoms with Gasteiger partial charge >= 0.3 is 0 Å². The zero-order chi connectivity index (χ0) is 24.4. The molecular formula is C33H25NOS. The lowest BCUT2D eigenvalue weighted by atomic mass is 9.63. The van der Waals surface area contributed by atoms with Crippen molar-refractivity contribution in [1.29, 1.82) is 0 Å². The summed E-state index contributed by atoms with van der Waals surface area (Å²) in [6, 6.07) is 39.7. The molecule has 5 aromatic carbocycles. The van der Waals surface area contributed by atoms with E-state index in [4.69, 9.17) is 0 Å². The van der Waals surface area contributed by atoms with Crippen LogP contribution in [0.25, 0.3) is 27.5 Å². The van der Waals surface area contributed by atoms with E-state index in [0.29, 0.717) is 0 Å². The molecule has 1 aromatic heterocycles. The number of hydrogen-bond donors (Lipinski definition) is 1. The first-order chi connectivity index (χ1) is 17.6. The first kappa shape index (κ1) is 21.5. The summed E-state index contributed by atoms with van der Waals surface area (Å²) < 4.78 is 12.5. The molecule has 0 atom stereocenters. The van der Waals surface area contributed by atoms with Gasteiger partial charge in [0, 0.05) is 27.7 Å². The Bertz CT molecular complexity index is 1730. The predicted molar refractivity (Wildman–Crippen MR) is 151 cm³/mol. The van der Waals surface area contributed by atoms with Crippen molar-refractivity contribution in [3.8, 4) is 5.69 Å². The van der Waals surface area contributed by atoms with E-state index < -0.39 is 5.41 Å². The number of hydrogen-bond acceptors (Lipinski definition) is 2. The van der Waals surface area contributed by atoms with Crippen LogP contribution >= 0.6 is 12.0 Å². The average Bonchev–Trinajstić information content (AvgIpc) is 3.26. The van der Waals surface area contributed by atoms with Crippen LogP contribution in [0.5, 0.6) is 0 Å². The first-order valence-electron chi connectivity index (χ1n) is 12.3.